The van der Waals surface area contributed by atoms with Crippen LogP contribution in [0.1, 0.15) is 39.5 Å². The van der Waals surface area contributed by atoms with Gasteiger partial charge in [-0.2, -0.15) is 0 Å². The Morgan fingerprint density at radius 2 is 2.15 bits per heavy atom. The van der Waals surface area contributed by atoms with Gasteiger partial charge in [-0.05, 0) is 49.4 Å². The molecule has 0 amide bonds. The number of nitrogens with one attached hydrogen (secondary N) is 1. The lowest BCUT2D eigenvalue weighted by Crippen LogP contribution is -2.15. The number of esters is 1. The second kappa shape index (κ2) is 6.92. The first-order valence-corrected chi connectivity index (χ1v) is 9.32. The van der Waals surface area contributed by atoms with Gasteiger partial charge in [0, 0.05) is 4.88 Å². The summed E-state index contributed by atoms with van der Waals surface area (Å²) < 4.78 is 10.4. The van der Waals surface area contributed by atoms with Crippen molar-refractivity contribution in [3.05, 3.63) is 56.4 Å². The van der Waals surface area contributed by atoms with Crippen LogP contribution in [-0.4, -0.2) is 23.0 Å². The lowest BCUT2D eigenvalue weighted by atomic mass is 9.97. The van der Waals surface area contributed by atoms with Crippen molar-refractivity contribution in [2.75, 3.05) is 7.11 Å². The van der Waals surface area contributed by atoms with Crippen LogP contribution < -0.4 is 10.3 Å². The van der Waals surface area contributed by atoms with Crippen LogP contribution in [0, 0.1) is 0 Å². The SMILES string of the molecule is COc1cccc(C(=O)OCc2nc3sc4c(c3c(=O)[nH]2)CCCC4)c1. The summed E-state index contributed by atoms with van der Waals surface area (Å²) in [5.74, 6) is 0.450. The monoisotopic (exact) mass is 370 g/mol. The van der Waals surface area contributed by atoms with Gasteiger partial charge in [0.2, 0.25) is 0 Å². The Labute approximate surface area is 153 Å². The maximum atomic E-state index is 12.5. The van der Waals surface area contributed by atoms with Gasteiger partial charge in [0.25, 0.3) is 5.56 Å². The number of carbonyl (C=O) groups excluding carboxylic acids is 1. The number of aromatic amines is 1. The molecule has 0 bridgehead atoms. The fourth-order valence-electron chi connectivity index (χ4n) is 3.24. The van der Waals surface area contributed by atoms with Gasteiger partial charge >= 0.3 is 5.97 Å². The maximum absolute atomic E-state index is 12.5. The third kappa shape index (κ3) is 3.10. The predicted molar refractivity (Wildman–Crippen MR) is 99.0 cm³/mol. The van der Waals surface area contributed by atoms with Crippen LogP contribution in [-0.2, 0) is 24.2 Å². The van der Waals surface area contributed by atoms with Gasteiger partial charge in [-0.15, -0.1) is 11.3 Å². The van der Waals surface area contributed by atoms with Gasteiger partial charge in [-0.25, -0.2) is 9.78 Å². The Morgan fingerprint density at radius 3 is 3.00 bits per heavy atom. The number of benzene rings is 1. The molecule has 2 heterocycles. The summed E-state index contributed by atoms with van der Waals surface area (Å²) in [5, 5.41) is 0.701. The Balaban J connectivity index is 1.56. The summed E-state index contributed by atoms with van der Waals surface area (Å²) in [7, 11) is 1.54. The van der Waals surface area contributed by atoms with E-state index in [0.717, 1.165) is 36.1 Å². The molecule has 0 saturated heterocycles. The molecule has 1 aliphatic carbocycles. The third-order valence-corrected chi connectivity index (χ3v) is 5.71. The van der Waals surface area contributed by atoms with Crippen LogP contribution in [0.2, 0.25) is 0 Å². The van der Waals surface area contributed by atoms with Crippen molar-refractivity contribution in [2.45, 2.75) is 32.3 Å². The molecule has 0 atom stereocenters. The largest absolute Gasteiger partial charge is 0.497 e. The molecule has 0 aliphatic heterocycles. The standard InChI is InChI=1S/C19H18N2O4S/c1-24-12-6-4-5-11(9-12)19(23)25-10-15-20-17(22)16-13-7-2-3-8-14(13)26-18(16)21-15/h4-6,9H,2-3,7-8,10H2,1H3,(H,20,21,22). The number of fused-ring (bicyclic) bond motifs is 3. The molecule has 0 saturated carbocycles. The first-order valence-electron chi connectivity index (χ1n) is 8.50. The van der Waals surface area contributed by atoms with Crippen LogP contribution in [0.3, 0.4) is 0 Å². The molecule has 26 heavy (non-hydrogen) atoms. The van der Waals surface area contributed by atoms with E-state index < -0.39 is 5.97 Å². The van der Waals surface area contributed by atoms with Crippen molar-refractivity contribution in [1.29, 1.82) is 0 Å². The van der Waals surface area contributed by atoms with Crippen molar-refractivity contribution in [1.82, 2.24) is 9.97 Å². The first-order chi connectivity index (χ1) is 12.7. The highest BCUT2D eigenvalue weighted by Gasteiger charge is 2.20. The minimum atomic E-state index is -0.489. The van der Waals surface area contributed by atoms with Crippen LogP contribution in [0.5, 0.6) is 5.75 Å². The number of aryl methyl sites for hydroxylation is 2. The quantitative estimate of drug-likeness (QED) is 0.713. The fourth-order valence-corrected chi connectivity index (χ4v) is 4.53. The van der Waals surface area contributed by atoms with Crippen LogP contribution in [0.4, 0.5) is 0 Å². The molecule has 134 valence electrons. The zero-order chi connectivity index (χ0) is 18.1. The van der Waals surface area contributed by atoms with E-state index in [9.17, 15) is 9.59 Å². The number of hydrogen-bond donors (Lipinski definition) is 1. The zero-order valence-electron chi connectivity index (χ0n) is 14.3. The molecule has 1 N–H and O–H groups in total. The summed E-state index contributed by atoms with van der Waals surface area (Å²) in [6.45, 7) is -0.0796. The number of nitrogens with zero attached hydrogens (tertiary/aromatic N) is 1. The van der Waals surface area contributed by atoms with Gasteiger partial charge in [0.1, 0.15) is 23.0 Å². The highest BCUT2D eigenvalue weighted by atomic mass is 32.1. The smallest absolute Gasteiger partial charge is 0.338 e. The summed E-state index contributed by atoms with van der Waals surface area (Å²) in [6, 6.07) is 6.73. The molecule has 1 aliphatic rings. The maximum Gasteiger partial charge on any atom is 0.338 e. The molecular weight excluding hydrogens is 352 g/mol. The fraction of sp³-hybridized carbons (Fsp3) is 0.316. The van der Waals surface area contributed by atoms with Gasteiger partial charge in [-0.1, -0.05) is 6.07 Å². The van der Waals surface area contributed by atoms with Crippen LogP contribution in [0.15, 0.2) is 29.1 Å². The van der Waals surface area contributed by atoms with Gasteiger partial charge in [0.05, 0.1) is 18.1 Å². The van der Waals surface area contributed by atoms with Crippen molar-refractivity contribution >= 4 is 27.5 Å². The molecule has 7 heteroatoms. The second-order valence-corrected chi connectivity index (χ2v) is 7.30. The Kier molecular flexibility index (Phi) is 4.46. The Hall–Kier alpha value is -2.67. The molecule has 1 aromatic carbocycles. The van der Waals surface area contributed by atoms with Gasteiger partial charge in [-0.3, -0.25) is 4.79 Å². The minimum Gasteiger partial charge on any atom is -0.497 e. The zero-order valence-corrected chi connectivity index (χ0v) is 15.1. The van der Waals surface area contributed by atoms with E-state index in [-0.39, 0.29) is 12.2 Å². The van der Waals surface area contributed by atoms with Crippen molar-refractivity contribution in [2.24, 2.45) is 0 Å². The van der Waals surface area contributed by atoms with Crippen LogP contribution >= 0.6 is 11.3 Å². The van der Waals surface area contributed by atoms with E-state index in [1.165, 1.54) is 12.0 Å². The minimum absolute atomic E-state index is 0.0796. The number of H-pyrrole nitrogens is 1. The van der Waals surface area contributed by atoms with Gasteiger partial charge in [0.15, 0.2) is 0 Å². The molecule has 0 fully saturated rings. The lowest BCUT2D eigenvalue weighted by molar-refractivity contribution is 0.0462. The van der Waals surface area contributed by atoms with Crippen molar-refractivity contribution in [3.63, 3.8) is 0 Å². The molecule has 0 radical (unpaired) electrons. The summed E-state index contributed by atoms with van der Waals surface area (Å²) in [5.41, 5.74) is 1.38. The second-order valence-electron chi connectivity index (χ2n) is 6.21. The van der Waals surface area contributed by atoms with E-state index in [4.69, 9.17) is 9.47 Å². The normalized spacial score (nSPS) is 13.4. The number of carbonyl (C=O) groups is 1. The summed E-state index contributed by atoms with van der Waals surface area (Å²) >= 11 is 1.58. The van der Waals surface area contributed by atoms with Crippen molar-refractivity contribution < 1.29 is 14.3 Å². The predicted octanol–water partition coefficient (Wildman–Crippen LogP) is 3.23. The number of hydrogen-bond acceptors (Lipinski definition) is 6. The lowest BCUT2D eigenvalue weighted by Gasteiger charge is -2.09. The number of thiophene rings is 1. The summed E-state index contributed by atoms with van der Waals surface area (Å²) in [4.78, 5) is 33.9. The molecule has 2 aromatic heterocycles. The molecule has 6 nitrogen and oxygen atoms in total. The molecule has 0 spiro atoms. The first kappa shape index (κ1) is 16.8. The topological polar surface area (TPSA) is 81.3 Å². The molecule has 0 unspecified atom stereocenters. The van der Waals surface area contributed by atoms with Crippen LogP contribution in [0.25, 0.3) is 10.2 Å². The number of methoxy groups -OCH3 is 1. The number of aromatic nitrogens is 2. The third-order valence-electron chi connectivity index (χ3n) is 4.52. The Morgan fingerprint density at radius 1 is 1.31 bits per heavy atom. The highest BCUT2D eigenvalue weighted by Crippen LogP contribution is 2.33. The Bertz CT molecular complexity index is 1040. The van der Waals surface area contributed by atoms with E-state index >= 15 is 0 Å². The van der Waals surface area contributed by atoms with E-state index in [1.807, 2.05) is 0 Å². The van der Waals surface area contributed by atoms with E-state index in [2.05, 4.69) is 9.97 Å². The average Bonchev–Trinajstić information content (AvgIpc) is 3.05. The number of ether oxygens (including phenoxy) is 2. The van der Waals surface area contributed by atoms with E-state index in [1.54, 1.807) is 35.6 Å². The highest BCUT2D eigenvalue weighted by molar-refractivity contribution is 7.18. The summed E-state index contributed by atoms with van der Waals surface area (Å²) in [6.07, 6.45) is 4.21. The van der Waals surface area contributed by atoms with Crippen molar-refractivity contribution in [3.8, 4) is 5.75 Å². The number of rotatable bonds is 4. The molecular formula is C19H18N2O4S. The van der Waals surface area contributed by atoms with E-state index in [0.29, 0.717) is 22.5 Å². The molecule has 4 rings (SSSR count). The average molecular weight is 370 g/mol. The molecule has 3 aromatic rings. The van der Waals surface area contributed by atoms with Gasteiger partial charge < -0.3 is 14.5 Å².